The number of carbonyl (C=O) groups is 1. The van der Waals surface area contributed by atoms with Gasteiger partial charge in [0.2, 0.25) is 0 Å². The van der Waals surface area contributed by atoms with Crippen LogP contribution >= 0.6 is 0 Å². The van der Waals surface area contributed by atoms with Crippen LogP contribution in [0.15, 0.2) is 59.5 Å². The standard InChI is InChI=1S/C20H20N4O.C2H4O2/c1-23-18-10-5-3-8-16(18)22-19(20(23)25)15-13-24(12-6-11-21)17-9-4-2-7-14(15)17;1-2(3)4/h2-5,7-10,13H,6,11-12,21H2,1H3;1H3,(H,3,4). The van der Waals surface area contributed by atoms with Gasteiger partial charge in [-0.1, -0.05) is 30.3 Å². The molecule has 0 aliphatic heterocycles. The third-order valence-corrected chi connectivity index (χ3v) is 4.63. The Morgan fingerprint density at radius 3 is 2.41 bits per heavy atom. The first-order valence-corrected chi connectivity index (χ1v) is 9.37. The van der Waals surface area contributed by atoms with Gasteiger partial charge in [-0.15, -0.1) is 0 Å². The number of hydrogen-bond donors (Lipinski definition) is 2. The fraction of sp³-hybridized carbons (Fsp3) is 0.227. The first-order chi connectivity index (χ1) is 13.9. The van der Waals surface area contributed by atoms with Gasteiger partial charge in [0.15, 0.2) is 0 Å². The number of aryl methyl sites for hydroxylation is 2. The predicted octanol–water partition coefficient (Wildman–Crippen LogP) is 2.99. The number of benzene rings is 2. The summed E-state index contributed by atoms with van der Waals surface area (Å²) >= 11 is 0. The number of fused-ring (bicyclic) bond motifs is 2. The van der Waals surface area contributed by atoms with Crippen LogP contribution in [0.4, 0.5) is 0 Å². The molecule has 2 heterocycles. The fourth-order valence-corrected chi connectivity index (χ4v) is 3.34. The largest absolute Gasteiger partial charge is 0.481 e. The van der Waals surface area contributed by atoms with Crippen LogP contribution in [-0.4, -0.2) is 31.7 Å². The zero-order valence-corrected chi connectivity index (χ0v) is 16.5. The number of rotatable bonds is 4. The van der Waals surface area contributed by atoms with Gasteiger partial charge in [-0.3, -0.25) is 9.59 Å². The van der Waals surface area contributed by atoms with Crippen molar-refractivity contribution in [1.82, 2.24) is 14.1 Å². The molecule has 0 aliphatic rings. The molecule has 7 nitrogen and oxygen atoms in total. The van der Waals surface area contributed by atoms with Crippen molar-refractivity contribution in [1.29, 1.82) is 0 Å². The van der Waals surface area contributed by atoms with Crippen molar-refractivity contribution in [2.45, 2.75) is 19.9 Å². The highest BCUT2D eigenvalue weighted by atomic mass is 16.4. The Morgan fingerprint density at radius 1 is 1.10 bits per heavy atom. The molecule has 150 valence electrons. The van der Waals surface area contributed by atoms with E-state index in [1.54, 1.807) is 11.6 Å². The van der Waals surface area contributed by atoms with E-state index in [4.69, 9.17) is 15.6 Å². The number of carboxylic acid groups (broad SMARTS) is 1. The summed E-state index contributed by atoms with van der Waals surface area (Å²) in [5.41, 5.74) is 9.70. The van der Waals surface area contributed by atoms with Crippen LogP contribution in [0.2, 0.25) is 0 Å². The molecule has 7 heteroatoms. The van der Waals surface area contributed by atoms with E-state index >= 15 is 0 Å². The molecule has 0 bridgehead atoms. The lowest BCUT2D eigenvalue weighted by Crippen LogP contribution is -2.20. The van der Waals surface area contributed by atoms with E-state index in [0.717, 1.165) is 47.4 Å². The first kappa shape index (κ1) is 20.3. The Morgan fingerprint density at radius 2 is 1.72 bits per heavy atom. The van der Waals surface area contributed by atoms with Gasteiger partial charge in [0.25, 0.3) is 11.5 Å². The first-order valence-electron chi connectivity index (χ1n) is 9.37. The second-order valence-corrected chi connectivity index (χ2v) is 6.73. The average Bonchev–Trinajstić information content (AvgIpc) is 3.07. The number of hydrogen-bond acceptors (Lipinski definition) is 4. The monoisotopic (exact) mass is 392 g/mol. The predicted molar refractivity (Wildman–Crippen MR) is 115 cm³/mol. The highest BCUT2D eigenvalue weighted by molar-refractivity contribution is 5.95. The van der Waals surface area contributed by atoms with Crippen molar-refractivity contribution in [3.63, 3.8) is 0 Å². The lowest BCUT2D eigenvalue weighted by Gasteiger charge is -2.07. The van der Waals surface area contributed by atoms with Gasteiger partial charge in [0.05, 0.1) is 11.0 Å². The molecule has 0 amide bonds. The second-order valence-electron chi connectivity index (χ2n) is 6.73. The molecule has 0 saturated heterocycles. The minimum Gasteiger partial charge on any atom is -0.481 e. The van der Waals surface area contributed by atoms with E-state index < -0.39 is 5.97 Å². The maximum atomic E-state index is 12.9. The normalized spacial score (nSPS) is 10.7. The fourth-order valence-electron chi connectivity index (χ4n) is 3.34. The van der Waals surface area contributed by atoms with Crippen molar-refractivity contribution in [3.05, 3.63) is 65.1 Å². The van der Waals surface area contributed by atoms with Crippen molar-refractivity contribution >= 4 is 27.9 Å². The van der Waals surface area contributed by atoms with Crippen molar-refractivity contribution in [3.8, 4) is 11.3 Å². The third-order valence-electron chi connectivity index (χ3n) is 4.63. The van der Waals surface area contributed by atoms with Crippen LogP contribution in [0.25, 0.3) is 33.2 Å². The summed E-state index contributed by atoms with van der Waals surface area (Å²) in [6.07, 6.45) is 2.92. The minimum absolute atomic E-state index is 0.0829. The molecule has 4 rings (SSSR count). The van der Waals surface area contributed by atoms with E-state index in [2.05, 4.69) is 15.6 Å². The number of carboxylic acids is 1. The van der Waals surface area contributed by atoms with E-state index in [-0.39, 0.29) is 5.56 Å². The van der Waals surface area contributed by atoms with Gasteiger partial charge in [-0.25, -0.2) is 4.98 Å². The Kier molecular flexibility index (Phi) is 6.09. The minimum atomic E-state index is -0.833. The van der Waals surface area contributed by atoms with Crippen LogP contribution < -0.4 is 11.3 Å². The molecular formula is C22H24N4O3. The molecule has 0 aliphatic carbocycles. The third kappa shape index (κ3) is 4.20. The lowest BCUT2D eigenvalue weighted by molar-refractivity contribution is -0.134. The Bertz CT molecular complexity index is 1220. The molecule has 3 N–H and O–H groups in total. The summed E-state index contributed by atoms with van der Waals surface area (Å²) in [7, 11) is 1.80. The van der Waals surface area contributed by atoms with Gasteiger partial charge in [0.1, 0.15) is 5.69 Å². The average molecular weight is 392 g/mol. The van der Waals surface area contributed by atoms with Gasteiger partial charge in [-0.2, -0.15) is 0 Å². The summed E-state index contributed by atoms with van der Waals surface area (Å²) in [5.74, 6) is -0.833. The molecule has 2 aromatic carbocycles. The molecule has 0 atom stereocenters. The number of para-hydroxylation sites is 3. The number of nitrogens with zero attached hydrogens (tertiary/aromatic N) is 3. The molecule has 29 heavy (non-hydrogen) atoms. The van der Waals surface area contributed by atoms with Crippen LogP contribution in [0.1, 0.15) is 13.3 Å². The molecule has 0 unspecified atom stereocenters. The lowest BCUT2D eigenvalue weighted by atomic mass is 10.1. The summed E-state index contributed by atoms with van der Waals surface area (Å²) in [6, 6.07) is 15.8. The van der Waals surface area contributed by atoms with Crippen molar-refractivity contribution < 1.29 is 9.90 Å². The number of aliphatic carboxylic acids is 1. The summed E-state index contributed by atoms with van der Waals surface area (Å²) in [6.45, 7) is 2.54. The SMILES string of the molecule is CC(=O)O.Cn1c(=O)c(-c2cn(CCCN)c3ccccc23)nc2ccccc21. The zero-order valence-electron chi connectivity index (χ0n) is 16.5. The Balaban J connectivity index is 0.000000552. The van der Waals surface area contributed by atoms with Crippen molar-refractivity contribution in [2.75, 3.05) is 6.54 Å². The molecule has 0 fully saturated rings. The van der Waals surface area contributed by atoms with Crippen LogP contribution in [0.5, 0.6) is 0 Å². The Hall–Kier alpha value is -3.45. The molecule has 0 saturated carbocycles. The van der Waals surface area contributed by atoms with E-state index in [9.17, 15) is 4.79 Å². The number of aromatic nitrogens is 3. The van der Waals surface area contributed by atoms with Crippen molar-refractivity contribution in [2.24, 2.45) is 12.8 Å². The summed E-state index contributed by atoms with van der Waals surface area (Å²) < 4.78 is 3.83. The zero-order chi connectivity index (χ0) is 21.0. The van der Waals surface area contributed by atoms with E-state index in [0.29, 0.717) is 12.2 Å². The highest BCUT2D eigenvalue weighted by Gasteiger charge is 2.16. The smallest absolute Gasteiger partial charge is 0.300 e. The van der Waals surface area contributed by atoms with Gasteiger partial charge in [-0.05, 0) is 31.2 Å². The van der Waals surface area contributed by atoms with Gasteiger partial charge < -0.3 is 20.0 Å². The van der Waals surface area contributed by atoms with Crippen LogP contribution in [-0.2, 0) is 18.4 Å². The van der Waals surface area contributed by atoms with Crippen LogP contribution in [0, 0.1) is 0 Å². The Labute approximate surface area is 168 Å². The van der Waals surface area contributed by atoms with E-state index in [1.807, 2.05) is 48.7 Å². The molecular weight excluding hydrogens is 368 g/mol. The second kappa shape index (κ2) is 8.70. The molecule has 0 spiro atoms. The van der Waals surface area contributed by atoms with Crippen LogP contribution in [0.3, 0.4) is 0 Å². The quantitative estimate of drug-likeness (QED) is 0.556. The highest BCUT2D eigenvalue weighted by Crippen LogP contribution is 2.28. The molecule has 4 aromatic rings. The molecule has 0 radical (unpaired) electrons. The van der Waals surface area contributed by atoms with Gasteiger partial charge in [0, 0.05) is 43.2 Å². The maximum absolute atomic E-state index is 12.9. The topological polar surface area (TPSA) is 103 Å². The van der Waals surface area contributed by atoms with Gasteiger partial charge >= 0.3 is 0 Å². The molecule has 2 aromatic heterocycles. The number of nitrogens with two attached hydrogens (primary N) is 1. The maximum Gasteiger partial charge on any atom is 0.300 e. The summed E-state index contributed by atoms with van der Waals surface area (Å²) in [4.78, 5) is 26.6. The van der Waals surface area contributed by atoms with E-state index in [1.165, 1.54) is 0 Å². The summed E-state index contributed by atoms with van der Waals surface area (Å²) in [5, 5.41) is 8.46.